The van der Waals surface area contributed by atoms with Crippen LogP contribution in [-0.4, -0.2) is 28.6 Å². The summed E-state index contributed by atoms with van der Waals surface area (Å²) in [4.78, 5) is 0. The maximum absolute atomic E-state index is 8.55. The smallest absolute Gasteiger partial charge is 0.0561 e. The Labute approximate surface area is 59.4 Å². The minimum Gasteiger partial charge on any atom is -0.395 e. The average Bonchev–Trinajstić information content (AvgIpc) is 1.83. The highest BCUT2D eigenvalue weighted by Gasteiger charge is 2.02. The summed E-state index contributed by atoms with van der Waals surface area (Å²) >= 11 is 7.16. The first-order chi connectivity index (χ1) is 3.85. The molecule has 3 heteroatoms. The molecule has 0 bridgehead atoms. The van der Waals surface area contributed by atoms with Crippen LogP contribution in [-0.2, 0) is 0 Å². The Hall–Kier alpha value is 0.600. The van der Waals surface area contributed by atoms with Crippen LogP contribution in [0.15, 0.2) is 0 Å². The third-order valence-electron chi connectivity index (χ3n) is 0.778. The van der Waals surface area contributed by atoms with Gasteiger partial charge in [0.2, 0.25) is 0 Å². The number of thioether (sulfide) groups is 1. The van der Waals surface area contributed by atoms with E-state index in [1.807, 2.05) is 0 Å². The molecule has 0 aliphatic carbocycles. The van der Waals surface area contributed by atoms with E-state index in [0.29, 0.717) is 5.88 Å². The topological polar surface area (TPSA) is 20.2 Å². The maximum Gasteiger partial charge on any atom is 0.0561 e. The molecule has 8 heavy (non-hydrogen) atoms. The Balaban J connectivity index is 3.07. The van der Waals surface area contributed by atoms with Gasteiger partial charge < -0.3 is 5.11 Å². The molecule has 0 radical (unpaired) electrons. The standard InChI is InChI=1S/C5H11ClOS/c1-2-8-5(3-6)4-7/h5,7H,2-4H2,1H3. The van der Waals surface area contributed by atoms with Gasteiger partial charge in [0.15, 0.2) is 0 Å². The molecule has 0 amide bonds. The number of hydrogen-bond donors (Lipinski definition) is 1. The van der Waals surface area contributed by atoms with Crippen LogP contribution >= 0.6 is 23.4 Å². The normalized spacial score (nSPS) is 13.9. The van der Waals surface area contributed by atoms with Crippen molar-refractivity contribution in [2.75, 3.05) is 18.2 Å². The maximum atomic E-state index is 8.55. The van der Waals surface area contributed by atoms with Gasteiger partial charge in [-0.1, -0.05) is 6.92 Å². The van der Waals surface area contributed by atoms with Crippen LogP contribution in [0.3, 0.4) is 0 Å². The summed E-state index contributed by atoms with van der Waals surface area (Å²) in [7, 11) is 0. The largest absolute Gasteiger partial charge is 0.395 e. The predicted octanol–water partition coefficient (Wildman–Crippen LogP) is 1.34. The van der Waals surface area contributed by atoms with Crippen molar-refractivity contribution in [3.05, 3.63) is 0 Å². The molecule has 1 N–H and O–H groups in total. The monoisotopic (exact) mass is 154 g/mol. The van der Waals surface area contributed by atoms with E-state index in [1.54, 1.807) is 11.8 Å². The van der Waals surface area contributed by atoms with Gasteiger partial charge in [-0.2, -0.15) is 11.8 Å². The number of halogens is 1. The fraction of sp³-hybridized carbons (Fsp3) is 1.00. The van der Waals surface area contributed by atoms with Gasteiger partial charge in [0.05, 0.1) is 6.61 Å². The zero-order valence-electron chi connectivity index (χ0n) is 4.93. The number of aliphatic hydroxyl groups is 1. The van der Waals surface area contributed by atoms with Gasteiger partial charge in [-0.15, -0.1) is 11.6 Å². The lowest BCUT2D eigenvalue weighted by Gasteiger charge is -2.05. The molecule has 0 aromatic carbocycles. The van der Waals surface area contributed by atoms with Crippen molar-refractivity contribution >= 4 is 23.4 Å². The Morgan fingerprint density at radius 2 is 2.38 bits per heavy atom. The first-order valence-corrected chi connectivity index (χ1v) is 4.21. The third kappa shape index (κ3) is 3.58. The number of hydrogen-bond acceptors (Lipinski definition) is 2. The summed E-state index contributed by atoms with van der Waals surface area (Å²) in [5.41, 5.74) is 0. The van der Waals surface area contributed by atoms with Crippen LogP contribution in [0.2, 0.25) is 0 Å². The second-order valence-corrected chi connectivity index (χ2v) is 3.30. The van der Waals surface area contributed by atoms with E-state index in [2.05, 4.69) is 6.92 Å². The molecule has 1 nitrogen and oxygen atoms in total. The third-order valence-corrected chi connectivity index (χ3v) is 2.45. The second-order valence-electron chi connectivity index (χ2n) is 1.41. The minimum absolute atomic E-state index is 0.196. The Morgan fingerprint density at radius 1 is 1.75 bits per heavy atom. The molecule has 0 heterocycles. The number of aliphatic hydroxyl groups excluding tert-OH is 1. The summed E-state index contributed by atoms with van der Waals surface area (Å²) in [6, 6.07) is 0. The van der Waals surface area contributed by atoms with E-state index in [4.69, 9.17) is 16.7 Å². The van der Waals surface area contributed by atoms with E-state index in [1.165, 1.54) is 0 Å². The molecule has 0 aromatic heterocycles. The highest BCUT2D eigenvalue weighted by molar-refractivity contribution is 7.99. The van der Waals surface area contributed by atoms with Crippen molar-refractivity contribution in [2.24, 2.45) is 0 Å². The van der Waals surface area contributed by atoms with Gasteiger partial charge in [-0.25, -0.2) is 0 Å². The lowest BCUT2D eigenvalue weighted by atomic mass is 10.5. The van der Waals surface area contributed by atoms with E-state index >= 15 is 0 Å². The Bertz CT molecular complexity index is 47.7. The quantitative estimate of drug-likeness (QED) is 0.617. The molecule has 0 aromatic rings. The first kappa shape index (κ1) is 8.60. The molecular weight excluding hydrogens is 144 g/mol. The molecule has 0 rings (SSSR count). The van der Waals surface area contributed by atoms with Crippen molar-refractivity contribution in [1.82, 2.24) is 0 Å². The molecule has 0 aliphatic rings. The lowest BCUT2D eigenvalue weighted by Crippen LogP contribution is -2.09. The first-order valence-electron chi connectivity index (χ1n) is 2.63. The van der Waals surface area contributed by atoms with Crippen molar-refractivity contribution in [3.8, 4) is 0 Å². The van der Waals surface area contributed by atoms with Gasteiger partial charge in [-0.3, -0.25) is 0 Å². The van der Waals surface area contributed by atoms with E-state index in [9.17, 15) is 0 Å². The number of alkyl halides is 1. The molecule has 0 fully saturated rings. The summed E-state index contributed by atoms with van der Waals surface area (Å²) < 4.78 is 0. The molecule has 1 atom stereocenters. The van der Waals surface area contributed by atoms with Crippen LogP contribution in [0.25, 0.3) is 0 Å². The van der Waals surface area contributed by atoms with Gasteiger partial charge in [0.25, 0.3) is 0 Å². The average molecular weight is 155 g/mol. The van der Waals surface area contributed by atoms with Gasteiger partial charge >= 0.3 is 0 Å². The molecule has 50 valence electrons. The Kier molecular flexibility index (Phi) is 6.16. The summed E-state index contributed by atoms with van der Waals surface area (Å²) in [5, 5.41) is 8.79. The minimum atomic E-state index is 0.196. The number of rotatable bonds is 4. The lowest BCUT2D eigenvalue weighted by molar-refractivity contribution is 0.301. The van der Waals surface area contributed by atoms with Crippen LogP contribution in [0.4, 0.5) is 0 Å². The highest BCUT2D eigenvalue weighted by atomic mass is 35.5. The predicted molar refractivity (Wildman–Crippen MR) is 39.7 cm³/mol. The molecule has 0 saturated heterocycles. The molecule has 0 saturated carbocycles. The Morgan fingerprint density at radius 3 is 2.50 bits per heavy atom. The summed E-state index contributed by atoms with van der Waals surface area (Å²) in [5.74, 6) is 1.58. The van der Waals surface area contributed by atoms with Crippen molar-refractivity contribution in [3.63, 3.8) is 0 Å². The van der Waals surface area contributed by atoms with Crippen molar-refractivity contribution in [2.45, 2.75) is 12.2 Å². The van der Waals surface area contributed by atoms with Crippen LogP contribution in [0.5, 0.6) is 0 Å². The van der Waals surface area contributed by atoms with Crippen molar-refractivity contribution < 1.29 is 5.11 Å². The van der Waals surface area contributed by atoms with Gasteiger partial charge in [0.1, 0.15) is 0 Å². The SMILES string of the molecule is CCSC(CO)CCl. The molecular formula is C5H11ClOS. The zero-order valence-corrected chi connectivity index (χ0v) is 6.50. The van der Waals surface area contributed by atoms with E-state index < -0.39 is 0 Å². The zero-order chi connectivity index (χ0) is 6.41. The second kappa shape index (κ2) is 5.73. The molecule has 0 spiro atoms. The van der Waals surface area contributed by atoms with E-state index in [0.717, 1.165) is 5.75 Å². The van der Waals surface area contributed by atoms with Crippen LogP contribution in [0, 0.1) is 0 Å². The van der Waals surface area contributed by atoms with E-state index in [-0.39, 0.29) is 11.9 Å². The molecule has 0 aliphatic heterocycles. The fourth-order valence-corrected chi connectivity index (χ4v) is 1.41. The van der Waals surface area contributed by atoms with Crippen molar-refractivity contribution in [1.29, 1.82) is 0 Å². The summed E-state index contributed by atoms with van der Waals surface area (Å²) in [6.45, 7) is 2.25. The molecule has 1 unspecified atom stereocenters. The van der Waals surface area contributed by atoms with Crippen LogP contribution in [0.1, 0.15) is 6.92 Å². The van der Waals surface area contributed by atoms with Gasteiger partial charge in [0, 0.05) is 11.1 Å². The highest BCUT2D eigenvalue weighted by Crippen LogP contribution is 2.10. The fourth-order valence-electron chi connectivity index (χ4n) is 0.382. The summed E-state index contributed by atoms with van der Waals surface area (Å²) in [6.07, 6.45) is 0. The van der Waals surface area contributed by atoms with Gasteiger partial charge in [-0.05, 0) is 5.75 Å². The van der Waals surface area contributed by atoms with Crippen LogP contribution < -0.4 is 0 Å².